The first-order valence-corrected chi connectivity index (χ1v) is 7.91. The molecule has 2 aromatic carbocycles. The summed E-state index contributed by atoms with van der Waals surface area (Å²) in [6.45, 7) is 0.786. The molecule has 0 bridgehead atoms. The molecular formula is C19H18O6. The summed E-state index contributed by atoms with van der Waals surface area (Å²) in [6.07, 6.45) is 0.0309. The van der Waals surface area contributed by atoms with Gasteiger partial charge < -0.3 is 19.3 Å². The molecule has 0 atom stereocenters. The molecule has 0 spiro atoms. The average molecular weight is 342 g/mol. The number of methoxy groups -OCH3 is 1. The molecule has 0 saturated carbocycles. The Morgan fingerprint density at radius 2 is 1.72 bits per heavy atom. The van der Waals surface area contributed by atoms with Crippen LogP contribution in [0.15, 0.2) is 36.4 Å². The molecule has 0 radical (unpaired) electrons. The van der Waals surface area contributed by atoms with Crippen molar-refractivity contribution >= 4 is 11.6 Å². The van der Waals surface area contributed by atoms with E-state index in [4.69, 9.17) is 14.2 Å². The molecule has 6 heteroatoms. The number of ketones is 2. The Balaban J connectivity index is 1.69. The largest absolute Gasteiger partial charge is 0.507 e. The van der Waals surface area contributed by atoms with Crippen LogP contribution in [0.3, 0.4) is 0 Å². The lowest BCUT2D eigenvalue weighted by molar-refractivity contribution is 0.0915. The maximum Gasteiger partial charge on any atom is 0.167 e. The van der Waals surface area contributed by atoms with Crippen LogP contribution in [0.5, 0.6) is 23.0 Å². The first-order valence-electron chi connectivity index (χ1n) is 7.91. The van der Waals surface area contributed by atoms with E-state index in [9.17, 15) is 14.7 Å². The molecule has 1 aliphatic heterocycles. The summed E-state index contributed by atoms with van der Waals surface area (Å²) >= 11 is 0. The number of carbonyl (C=O) groups is 2. The fourth-order valence-electron chi connectivity index (χ4n) is 2.60. The van der Waals surface area contributed by atoms with Gasteiger partial charge in [0.15, 0.2) is 23.1 Å². The van der Waals surface area contributed by atoms with Crippen LogP contribution < -0.4 is 14.2 Å². The molecule has 0 amide bonds. The molecule has 130 valence electrons. The number of benzene rings is 2. The molecule has 1 N–H and O–H groups in total. The number of hydrogen-bond acceptors (Lipinski definition) is 6. The van der Waals surface area contributed by atoms with E-state index in [1.807, 2.05) is 0 Å². The first-order chi connectivity index (χ1) is 12.1. The third kappa shape index (κ3) is 3.74. The van der Waals surface area contributed by atoms with Gasteiger partial charge >= 0.3 is 0 Å². The normalized spacial score (nSPS) is 12.5. The number of aromatic hydroxyl groups is 1. The van der Waals surface area contributed by atoms with Gasteiger partial charge in [0.1, 0.15) is 24.7 Å². The van der Waals surface area contributed by atoms with Crippen LogP contribution in [0.25, 0.3) is 0 Å². The summed E-state index contributed by atoms with van der Waals surface area (Å²) in [5.41, 5.74) is 0.612. The summed E-state index contributed by atoms with van der Waals surface area (Å²) in [6, 6.07) is 9.61. The zero-order valence-corrected chi connectivity index (χ0v) is 13.8. The molecule has 3 rings (SSSR count). The molecule has 0 aromatic heterocycles. The van der Waals surface area contributed by atoms with Gasteiger partial charge in [-0.2, -0.15) is 0 Å². The van der Waals surface area contributed by atoms with Crippen molar-refractivity contribution in [3.05, 3.63) is 47.5 Å². The van der Waals surface area contributed by atoms with Gasteiger partial charge in [0.25, 0.3) is 0 Å². The van der Waals surface area contributed by atoms with Gasteiger partial charge in [-0.25, -0.2) is 0 Å². The van der Waals surface area contributed by atoms with Gasteiger partial charge in [0.05, 0.1) is 12.7 Å². The number of carbonyl (C=O) groups excluding carboxylic acids is 2. The van der Waals surface area contributed by atoms with E-state index >= 15 is 0 Å². The van der Waals surface area contributed by atoms with Crippen molar-refractivity contribution < 1.29 is 28.9 Å². The predicted octanol–water partition coefficient (Wildman–Crippen LogP) is 3.02. The van der Waals surface area contributed by atoms with E-state index in [-0.39, 0.29) is 35.7 Å². The van der Waals surface area contributed by atoms with Crippen molar-refractivity contribution in [3.63, 3.8) is 0 Å². The Morgan fingerprint density at radius 3 is 2.44 bits per heavy atom. The highest BCUT2D eigenvalue weighted by Crippen LogP contribution is 2.36. The van der Waals surface area contributed by atoms with E-state index in [0.29, 0.717) is 36.0 Å². The summed E-state index contributed by atoms with van der Waals surface area (Å²) in [4.78, 5) is 24.6. The zero-order chi connectivity index (χ0) is 17.8. The lowest BCUT2D eigenvalue weighted by Gasteiger charge is -2.19. The molecule has 0 aliphatic carbocycles. The van der Waals surface area contributed by atoms with Gasteiger partial charge in [-0.05, 0) is 18.2 Å². The smallest absolute Gasteiger partial charge is 0.167 e. The molecule has 1 heterocycles. The van der Waals surface area contributed by atoms with Crippen LogP contribution in [0.4, 0.5) is 0 Å². The SMILES string of the molecule is COc1cccc(C(=O)CCC(=O)c2cc3c(cc2O)OCCO3)c1. The number of fused-ring (bicyclic) bond motifs is 1. The highest BCUT2D eigenvalue weighted by molar-refractivity contribution is 6.03. The highest BCUT2D eigenvalue weighted by atomic mass is 16.6. The van der Waals surface area contributed by atoms with Crippen LogP contribution in [0.2, 0.25) is 0 Å². The number of phenols is 1. The van der Waals surface area contributed by atoms with E-state index < -0.39 is 0 Å². The second kappa shape index (κ2) is 7.25. The minimum atomic E-state index is -0.328. The number of rotatable bonds is 6. The van der Waals surface area contributed by atoms with E-state index in [1.165, 1.54) is 19.2 Å². The van der Waals surface area contributed by atoms with E-state index in [0.717, 1.165) is 0 Å². The van der Waals surface area contributed by atoms with E-state index in [1.54, 1.807) is 24.3 Å². The summed E-state index contributed by atoms with van der Waals surface area (Å²) in [7, 11) is 1.53. The van der Waals surface area contributed by atoms with Gasteiger partial charge in [-0.15, -0.1) is 0 Å². The monoisotopic (exact) mass is 342 g/mol. The van der Waals surface area contributed by atoms with Crippen LogP contribution in [-0.2, 0) is 0 Å². The zero-order valence-electron chi connectivity index (χ0n) is 13.8. The fourth-order valence-corrected chi connectivity index (χ4v) is 2.60. The standard InChI is InChI=1S/C19H18O6/c1-23-13-4-2-3-12(9-13)15(20)5-6-16(21)14-10-18-19(11-17(14)22)25-8-7-24-18/h2-4,9-11,22H,5-8H2,1H3. The number of Topliss-reactive ketones (excluding diaryl/α,β-unsaturated/α-hetero) is 2. The van der Waals surface area contributed by atoms with Crippen molar-refractivity contribution in [1.29, 1.82) is 0 Å². The third-order valence-corrected chi connectivity index (χ3v) is 3.93. The lowest BCUT2D eigenvalue weighted by Crippen LogP contribution is -2.16. The lowest BCUT2D eigenvalue weighted by atomic mass is 10.0. The van der Waals surface area contributed by atoms with Gasteiger partial charge in [-0.1, -0.05) is 12.1 Å². The second-order valence-corrected chi connectivity index (χ2v) is 5.59. The van der Waals surface area contributed by atoms with Crippen LogP contribution >= 0.6 is 0 Å². The van der Waals surface area contributed by atoms with E-state index in [2.05, 4.69) is 0 Å². The molecule has 0 unspecified atom stereocenters. The molecule has 0 fully saturated rings. The summed E-state index contributed by atoms with van der Waals surface area (Å²) in [5.74, 6) is 0.749. The van der Waals surface area contributed by atoms with Crippen molar-refractivity contribution in [2.24, 2.45) is 0 Å². The Morgan fingerprint density at radius 1 is 1.04 bits per heavy atom. The van der Waals surface area contributed by atoms with Gasteiger partial charge in [-0.3, -0.25) is 9.59 Å². The maximum atomic E-state index is 12.4. The average Bonchev–Trinajstić information content (AvgIpc) is 2.65. The minimum Gasteiger partial charge on any atom is -0.507 e. The summed E-state index contributed by atoms with van der Waals surface area (Å²) < 4.78 is 15.9. The quantitative estimate of drug-likeness (QED) is 0.813. The number of phenolic OH excluding ortho intramolecular Hbond substituents is 1. The first kappa shape index (κ1) is 16.8. The fraction of sp³-hybridized carbons (Fsp3) is 0.263. The molecule has 1 aliphatic rings. The molecule has 6 nitrogen and oxygen atoms in total. The minimum absolute atomic E-state index is 0.0107. The third-order valence-electron chi connectivity index (χ3n) is 3.93. The van der Waals surface area contributed by atoms with Crippen LogP contribution in [-0.4, -0.2) is 37.0 Å². The Bertz CT molecular complexity index is 812. The van der Waals surface area contributed by atoms with Crippen LogP contribution in [0, 0.1) is 0 Å². The van der Waals surface area contributed by atoms with Crippen LogP contribution in [0.1, 0.15) is 33.6 Å². The van der Waals surface area contributed by atoms with Crippen molar-refractivity contribution in [2.75, 3.05) is 20.3 Å². The Hall–Kier alpha value is -3.02. The van der Waals surface area contributed by atoms with Gasteiger partial charge in [0, 0.05) is 24.5 Å². The predicted molar refractivity (Wildman–Crippen MR) is 90.0 cm³/mol. The summed E-state index contributed by atoms with van der Waals surface area (Å²) in [5, 5.41) is 10.0. The Labute approximate surface area is 144 Å². The van der Waals surface area contributed by atoms with Crippen molar-refractivity contribution in [2.45, 2.75) is 12.8 Å². The second-order valence-electron chi connectivity index (χ2n) is 5.59. The molecule has 25 heavy (non-hydrogen) atoms. The van der Waals surface area contributed by atoms with Gasteiger partial charge in [0.2, 0.25) is 0 Å². The molecular weight excluding hydrogens is 324 g/mol. The molecule has 0 saturated heterocycles. The molecule has 2 aromatic rings. The van der Waals surface area contributed by atoms with Crippen molar-refractivity contribution in [1.82, 2.24) is 0 Å². The Kier molecular flexibility index (Phi) is 4.88. The maximum absolute atomic E-state index is 12.4. The number of ether oxygens (including phenoxy) is 3. The topological polar surface area (TPSA) is 82.1 Å². The van der Waals surface area contributed by atoms with Crippen molar-refractivity contribution in [3.8, 4) is 23.0 Å². The number of hydrogen-bond donors (Lipinski definition) is 1. The highest BCUT2D eigenvalue weighted by Gasteiger charge is 2.20.